The maximum Gasteiger partial charge on any atom is 0.253 e. The van der Waals surface area contributed by atoms with E-state index in [2.05, 4.69) is 57.0 Å². The fourth-order valence-corrected chi connectivity index (χ4v) is 4.86. The van der Waals surface area contributed by atoms with E-state index >= 15 is 0 Å². The average molecular weight is 428 g/mol. The van der Waals surface area contributed by atoms with E-state index in [1.165, 1.54) is 18.4 Å². The van der Waals surface area contributed by atoms with Gasteiger partial charge in [0.15, 0.2) is 0 Å². The molecular formula is C26H41N3O2. The van der Waals surface area contributed by atoms with E-state index in [9.17, 15) is 9.59 Å². The van der Waals surface area contributed by atoms with Gasteiger partial charge in [-0.3, -0.25) is 14.5 Å². The maximum absolute atomic E-state index is 13.1. The molecule has 2 fully saturated rings. The van der Waals surface area contributed by atoms with Crippen molar-refractivity contribution in [2.24, 2.45) is 11.8 Å². The lowest BCUT2D eigenvalue weighted by atomic mass is 9.86. The minimum atomic E-state index is -0.0513. The Morgan fingerprint density at radius 3 is 2.10 bits per heavy atom. The largest absolute Gasteiger partial charge is 0.354 e. The van der Waals surface area contributed by atoms with Crippen molar-refractivity contribution >= 4 is 11.8 Å². The second-order valence-corrected chi connectivity index (χ2v) is 10.8. The van der Waals surface area contributed by atoms with Crippen LogP contribution in [-0.4, -0.2) is 60.4 Å². The van der Waals surface area contributed by atoms with Crippen LogP contribution in [0.3, 0.4) is 0 Å². The molecule has 2 aliphatic rings. The van der Waals surface area contributed by atoms with Crippen LogP contribution in [0, 0.1) is 11.8 Å². The molecule has 0 unspecified atom stereocenters. The van der Waals surface area contributed by atoms with Crippen molar-refractivity contribution in [1.29, 1.82) is 0 Å². The first-order valence-electron chi connectivity index (χ1n) is 12.1. The molecule has 1 atom stereocenters. The van der Waals surface area contributed by atoms with Gasteiger partial charge in [-0.05, 0) is 47.8 Å². The molecule has 0 radical (unpaired) electrons. The Kier molecular flexibility index (Phi) is 7.79. The molecule has 1 saturated heterocycles. The number of carbonyl (C=O) groups is 2. The average Bonchev–Trinajstić information content (AvgIpc) is 3.26. The Hall–Kier alpha value is -1.88. The molecular weight excluding hydrogens is 386 g/mol. The van der Waals surface area contributed by atoms with Gasteiger partial charge in [0.2, 0.25) is 5.91 Å². The molecule has 0 spiro atoms. The Bertz CT molecular complexity index is 737. The van der Waals surface area contributed by atoms with Gasteiger partial charge in [-0.15, -0.1) is 0 Å². The summed E-state index contributed by atoms with van der Waals surface area (Å²) in [5.74, 6) is 1.17. The highest BCUT2D eigenvalue weighted by Gasteiger charge is 2.37. The lowest BCUT2D eigenvalue weighted by Gasteiger charge is -2.41. The summed E-state index contributed by atoms with van der Waals surface area (Å²) in [6, 6.07) is 7.99. The number of carbonyl (C=O) groups excluding carboxylic acids is 2. The van der Waals surface area contributed by atoms with E-state index in [1.807, 2.05) is 17.0 Å². The van der Waals surface area contributed by atoms with Gasteiger partial charge in [0.25, 0.3) is 5.91 Å². The lowest BCUT2D eigenvalue weighted by molar-refractivity contribution is -0.129. The smallest absolute Gasteiger partial charge is 0.253 e. The molecule has 5 heteroatoms. The molecule has 1 saturated carbocycles. The summed E-state index contributed by atoms with van der Waals surface area (Å²) >= 11 is 0. The Morgan fingerprint density at radius 2 is 1.58 bits per heavy atom. The number of hydrogen-bond acceptors (Lipinski definition) is 3. The third-order valence-corrected chi connectivity index (χ3v) is 6.79. The zero-order valence-electron chi connectivity index (χ0n) is 20.1. The second-order valence-electron chi connectivity index (χ2n) is 10.8. The van der Waals surface area contributed by atoms with Crippen LogP contribution in [0.25, 0.3) is 0 Å². The van der Waals surface area contributed by atoms with Crippen LogP contribution in [0.15, 0.2) is 24.3 Å². The number of nitrogens with one attached hydrogen (secondary N) is 1. The van der Waals surface area contributed by atoms with E-state index in [0.29, 0.717) is 24.9 Å². The van der Waals surface area contributed by atoms with Gasteiger partial charge in [-0.1, -0.05) is 59.6 Å². The van der Waals surface area contributed by atoms with Crippen molar-refractivity contribution in [2.75, 3.05) is 32.7 Å². The van der Waals surface area contributed by atoms with Crippen molar-refractivity contribution in [1.82, 2.24) is 15.1 Å². The summed E-state index contributed by atoms with van der Waals surface area (Å²) < 4.78 is 0. The number of nitrogens with zero attached hydrogens (tertiary/aromatic N) is 2. The molecule has 1 aliphatic carbocycles. The predicted molar refractivity (Wildman–Crippen MR) is 126 cm³/mol. The Morgan fingerprint density at radius 1 is 1.00 bits per heavy atom. The summed E-state index contributed by atoms with van der Waals surface area (Å²) in [5, 5.41) is 3.17. The molecule has 1 N–H and O–H groups in total. The first kappa shape index (κ1) is 23.8. The monoisotopic (exact) mass is 427 g/mol. The van der Waals surface area contributed by atoms with Gasteiger partial charge in [0, 0.05) is 38.3 Å². The molecule has 31 heavy (non-hydrogen) atoms. The summed E-state index contributed by atoms with van der Waals surface area (Å²) in [6.45, 7) is 14.4. The topological polar surface area (TPSA) is 52.7 Å². The van der Waals surface area contributed by atoms with Crippen molar-refractivity contribution in [2.45, 2.75) is 71.8 Å². The van der Waals surface area contributed by atoms with Crippen molar-refractivity contribution in [3.8, 4) is 0 Å². The van der Waals surface area contributed by atoms with Gasteiger partial charge in [0.1, 0.15) is 0 Å². The van der Waals surface area contributed by atoms with E-state index in [-0.39, 0.29) is 23.3 Å². The van der Waals surface area contributed by atoms with Gasteiger partial charge >= 0.3 is 0 Å². The zero-order chi connectivity index (χ0) is 22.6. The molecule has 1 heterocycles. The highest BCUT2D eigenvalue weighted by atomic mass is 16.2. The van der Waals surface area contributed by atoms with E-state index in [4.69, 9.17) is 0 Å². The Balaban J connectivity index is 1.61. The number of hydrogen-bond donors (Lipinski definition) is 1. The molecule has 0 aromatic heterocycles. The quantitative estimate of drug-likeness (QED) is 0.744. The van der Waals surface area contributed by atoms with Crippen LogP contribution >= 0.6 is 0 Å². The summed E-state index contributed by atoms with van der Waals surface area (Å²) in [5.41, 5.74) is 2.07. The molecule has 2 amide bonds. The fourth-order valence-electron chi connectivity index (χ4n) is 4.86. The number of piperazine rings is 1. The number of benzene rings is 1. The number of amides is 2. The van der Waals surface area contributed by atoms with Gasteiger partial charge in [-0.25, -0.2) is 0 Å². The van der Waals surface area contributed by atoms with E-state index < -0.39 is 0 Å². The summed E-state index contributed by atoms with van der Waals surface area (Å²) in [7, 11) is 0. The van der Waals surface area contributed by atoms with Gasteiger partial charge in [0.05, 0.1) is 6.04 Å². The highest BCUT2D eigenvalue weighted by molar-refractivity contribution is 5.94. The van der Waals surface area contributed by atoms with Gasteiger partial charge < -0.3 is 10.2 Å². The molecule has 1 aliphatic heterocycles. The van der Waals surface area contributed by atoms with Crippen LogP contribution in [-0.2, 0) is 10.2 Å². The molecule has 5 nitrogen and oxygen atoms in total. The van der Waals surface area contributed by atoms with Crippen molar-refractivity contribution in [3.05, 3.63) is 35.4 Å². The Labute approximate surface area is 188 Å². The minimum absolute atomic E-state index is 0.0513. The highest BCUT2D eigenvalue weighted by Crippen LogP contribution is 2.31. The molecule has 0 bridgehead atoms. The second kappa shape index (κ2) is 10.2. The van der Waals surface area contributed by atoms with Crippen LogP contribution in [0.5, 0.6) is 0 Å². The van der Waals surface area contributed by atoms with Gasteiger partial charge in [-0.2, -0.15) is 0 Å². The zero-order valence-corrected chi connectivity index (χ0v) is 20.1. The van der Waals surface area contributed by atoms with Crippen LogP contribution in [0.4, 0.5) is 0 Å². The van der Waals surface area contributed by atoms with Crippen molar-refractivity contribution < 1.29 is 9.59 Å². The van der Waals surface area contributed by atoms with E-state index in [1.54, 1.807) is 0 Å². The third-order valence-electron chi connectivity index (χ3n) is 6.79. The third kappa shape index (κ3) is 6.09. The first-order chi connectivity index (χ1) is 14.7. The van der Waals surface area contributed by atoms with E-state index in [0.717, 1.165) is 38.0 Å². The lowest BCUT2D eigenvalue weighted by Crippen LogP contribution is -2.58. The summed E-state index contributed by atoms with van der Waals surface area (Å²) in [4.78, 5) is 30.4. The molecule has 1 aromatic rings. The standard InChI is InChI=1S/C26H41N3O2/c1-19(2)18-27-24(30)23(20-8-6-7-9-20)28-14-16-29(17-15-28)25(31)21-10-12-22(13-11-21)26(3,4)5/h10-13,19-20,23H,6-9,14-18H2,1-5H3,(H,27,30)/t23-/m0/s1. The maximum atomic E-state index is 13.1. The summed E-state index contributed by atoms with van der Waals surface area (Å²) in [6.07, 6.45) is 4.72. The SMILES string of the molecule is CC(C)CNC(=O)[C@H](C1CCCC1)N1CCN(C(=O)c2ccc(C(C)(C)C)cc2)CC1. The molecule has 3 rings (SSSR count). The molecule has 1 aromatic carbocycles. The minimum Gasteiger partial charge on any atom is -0.354 e. The van der Waals surface area contributed by atoms with Crippen LogP contribution < -0.4 is 5.32 Å². The normalized spacial score (nSPS) is 19.6. The van der Waals surface area contributed by atoms with Crippen molar-refractivity contribution in [3.63, 3.8) is 0 Å². The predicted octanol–water partition coefficient (Wildman–Crippen LogP) is 4.07. The van der Waals surface area contributed by atoms with Crippen LogP contribution in [0.1, 0.15) is 76.2 Å². The fraction of sp³-hybridized carbons (Fsp3) is 0.692. The number of rotatable bonds is 6. The van der Waals surface area contributed by atoms with Crippen LogP contribution in [0.2, 0.25) is 0 Å². The first-order valence-corrected chi connectivity index (χ1v) is 12.1. The molecule has 172 valence electrons.